The minimum absolute atomic E-state index is 0.0185. The van der Waals surface area contributed by atoms with E-state index in [0.29, 0.717) is 23.5 Å². The zero-order chi connectivity index (χ0) is 17.4. The van der Waals surface area contributed by atoms with E-state index in [1.54, 1.807) is 12.1 Å². The van der Waals surface area contributed by atoms with Gasteiger partial charge in [-0.2, -0.15) is 13.2 Å². The molecule has 0 N–H and O–H groups in total. The van der Waals surface area contributed by atoms with E-state index < -0.39 is 21.6 Å². The number of furan rings is 1. The summed E-state index contributed by atoms with van der Waals surface area (Å²) in [5, 5.41) is 0. The molecule has 1 aliphatic rings. The van der Waals surface area contributed by atoms with Crippen molar-refractivity contribution in [1.29, 1.82) is 0 Å². The van der Waals surface area contributed by atoms with Gasteiger partial charge in [0.15, 0.2) is 9.84 Å². The van der Waals surface area contributed by atoms with Crippen molar-refractivity contribution in [2.45, 2.75) is 18.6 Å². The Bertz CT molecular complexity index is 869. The molecule has 0 saturated carbocycles. The molecule has 4 nitrogen and oxygen atoms in total. The maximum Gasteiger partial charge on any atom is 0.416 e. The van der Waals surface area contributed by atoms with Crippen LogP contribution < -0.4 is 0 Å². The zero-order valence-corrected chi connectivity index (χ0v) is 13.3. The number of benzene rings is 1. The molecule has 1 aromatic carbocycles. The summed E-state index contributed by atoms with van der Waals surface area (Å²) in [7, 11) is -3.01. The first kappa shape index (κ1) is 16.8. The largest absolute Gasteiger partial charge is 0.455 e. The zero-order valence-electron chi connectivity index (χ0n) is 12.5. The Labute approximate surface area is 136 Å². The minimum Gasteiger partial charge on any atom is -0.455 e. The van der Waals surface area contributed by atoms with Crippen LogP contribution in [0.15, 0.2) is 45.8 Å². The number of rotatable bonds is 3. The number of aliphatic imine (C=N–C) groups is 1. The third kappa shape index (κ3) is 3.87. The van der Waals surface area contributed by atoms with Crippen LogP contribution in [-0.4, -0.2) is 32.2 Å². The summed E-state index contributed by atoms with van der Waals surface area (Å²) >= 11 is 0. The number of nitrogens with zero attached hydrogens (tertiary/aromatic N) is 1. The molecule has 8 heteroatoms. The highest BCUT2D eigenvalue weighted by Crippen LogP contribution is 2.32. The van der Waals surface area contributed by atoms with Crippen LogP contribution >= 0.6 is 0 Å². The van der Waals surface area contributed by atoms with E-state index in [9.17, 15) is 21.6 Å². The lowest BCUT2D eigenvalue weighted by molar-refractivity contribution is -0.137. The second kappa shape index (κ2) is 6.08. The van der Waals surface area contributed by atoms with E-state index in [0.717, 1.165) is 12.1 Å². The van der Waals surface area contributed by atoms with Gasteiger partial charge in [-0.25, -0.2) is 8.42 Å². The van der Waals surface area contributed by atoms with Gasteiger partial charge in [-0.3, -0.25) is 4.99 Å². The topological polar surface area (TPSA) is 59.6 Å². The Balaban J connectivity index is 1.77. The molecule has 0 amide bonds. The summed E-state index contributed by atoms with van der Waals surface area (Å²) in [5.41, 5.74) is -0.435. The maximum absolute atomic E-state index is 12.7. The highest BCUT2D eigenvalue weighted by molar-refractivity contribution is 7.91. The first-order valence-corrected chi connectivity index (χ1v) is 9.06. The fraction of sp³-hybridized carbons (Fsp3) is 0.312. The van der Waals surface area contributed by atoms with E-state index in [1.165, 1.54) is 18.3 Å². The fourth-order valence-corrected chi connectivity index (χ4v) is 4.13. The summed E-state index contributed by atoms with van der Waals surface area (Å²) in [5.74, 6) is 0.807. The lowest BCUT2D eigenvalue weighted by atomic mass is 10.1. The van der Waals surface area contributed by atoms with Crippen LogP contribution in [-0.2, 0) is 16.0 Å². The number of alkyl halides is 3. The Morgan fingerprint density at radius 3 is 2.67 bits per heavy atom. The van der Waals surface area contributed by atoms with Crippen LogP contribution in [0.5, 0.6) is 0 Å². The Hall–Kier alpha value is -2.09. The molecule has 1 aromatic heterocycles. The summed E-state index contributed by atoms with van der Waals surface area (Å²) in [6, 6.07) is 7.71. The second-order valence-corrected chi connectivity index (χ2v) is 7.84. The number of sulfone groups is 1. The van der Waals surface area contributed by atoms with Gasteiger partial charge < -0.3 is 4.42 Å². The Morgan fingerprint density at radius 2 is 2.00 bits per heavy atom. The first-order valence-electron chi connectivity index (χ1n) is 7.24. The van der Waals surface area contributed by atoms with Crippen molar-refractivity contribution in [3.05, 3.63) is 47.7 Å². The van der Waals surface area contributed by atoms with Gasteiger partial charge in [-0.15, -0.1) is 0 Å². The van der Waals surface area contributed by atoms with Gasteiger partial charge in [0, 0.05) is 5.56 Å². The van der Waals surface area contributed by atoms with Gasteiger partial charge in [0.05, 0.1) is 29.3 Å². The quantitative estimate of drug-likeness (QED) is 0.789. The number of halogens is 3. The molecule has 3 rings (SSSR count). The summed E-state index contributed by atoms with van der Waals surface area (Å²) in [4.78, 5) is 4.17. The van der Waals surface area contributed by atoms with Gasteiger partial charge in [0.25, 0.3) is 0 Å². The van der Waals surface area contributed by atoms with E-state index in [2.05, 4.69) is 4.99 Å². The monoisotopic (exact) mass is 357 g/mol. The van der Waals surface area contributed by atoms with E-state index in [4.69, 9.17) is 4.42 Å². The van der Waals surface area contributed by atoms with Gasteiger partial charge in [0.1, 0.15) is 11.5 Å². The molecule has 0 aliphatic carbocycles. The predicted molar refractivity (Wildman–Crippen MR) is 83.8 cm³/mol. The average Bonchev–Trinajstić information content (AvgIpc) is 3.11. The normalized spacial score (nSPS) is 20.7. The molecule has 1 saturated heterocycles. The summed E-state index contributed by atoms with van der Waals surface area (Å²) < 4.78 is 66.4. The van der Waals surface area contributed by atoms with Gasteiger partial charge in [0.2, 0.25) is 0 Å². The second-order valence-electron chi connectivity index (χ2n) is 5.62. The molecular formula is C16H14F3NO3S. The van der Waals surface area contributed by atoms with Crippen LogP contribution in [0.1, 0.15) is 17.7 Å². The van der Waals surface area contributed by atoms with Gasteiger partial charge in [-0.1, -0.05) is 12.1 Å². The molecule has 128 valence electrons. The highest BCUT2D eigenvalue weighted by atomic mass is 32.2. The van der Waals surface area contributed by atoms with Crippen molar-refractivity contribution in [3.8, 4) is 11.3 Å². The van der Waals surface area contributed by atoms with E-state index in [1.807, 2.05) is 0 Å². The Kier molecular flexibility index (Phi) is 4.25. The lowest BCUT2D eigenvalue weighted by Gasteiger charge is -2.07. The molecular weight excluding hydrogens is 343 g/mol. The molecule has 2 heterocycles. The predicted octanol–water partition coefficient (Wildman–Crippen LogP) is 3.57. The van der Waals surface area contributed by atoms with Crippen molar-refractivity contribution in [3.63, 3.8) is 0 Å². The van der Waals surface area contributed by atoms with Crippen LogP contribution in [0, 0.1) is 0 Å². The van der Waals surface area contributed by atoms with Crippen molar-refractivity contribution < 1.29 is 26.0 Å². The van der Waals surface area contributed by atoms with Crippen molar-refractivity contribution in [2.75, 3.05) is 11.5 Å². The minimum atomic E-state index is -4.42. The third-order valence-electron chi connectivity index (χ3n) is 3.72. The van der Waals surface area contributed by atoms with E-state index >= 15 is 0 Å². The Morgan fingerprint density at radius 1 is 1.21 bits per heavy atom. The molecule has 0 bridgehead atoms. The van der Waals surface area contributed by atoms with Crippen molar-refractivity contribution in [1.82, 2.24) is 0 Å². The average molecular weight is 357 g/mol. The lowest BCUT2D eigenvalue weighted by Crippen LogP contribution is -2.07. The fourth-order valence-electron chi connectivity index (χ4n) is 2.50. The van der Waals surface area contributed by atoms with E-state index in [-0.39, 0.29) is 17.5 Å². The van der Waals surface area contributed by atoms with Crippen LogP contribution in [0.3, 0.4) is 0 Å². The smallest absolute Gasteiger partial charge is 0.416 e. The third-order valence-corrected chi connectivity index (χ3v) is 5.47. The van der Waals surface area contributed by atoms with Gasteiger partial charge in [-0.05, 0) is 30.7 Å². The molecule has 2 aromatic rings. The maximum atomic E-state index is 12.7. The number of hydrogen-bond acceptors (Lipinski definition) is 4. The first-order chi connectivity index (χ1) is 11.2. The van der Waals surface area contributed by atoms with Crippen LogP contribution in [0.25, 0.3) is 11.3 Å². The SMILES string of the molecule is O=S1(=O)CC[C@@H](N=Cc2ccc(-c3cccc(C(F)(F)F)c3)o2)C1. The van der Waals surface area contributed by atoms with Crippen molar-refractivity contribution >= 4 is 16.1 Å². The molecule has 1 atom stereocenters. The molecule has 1 fully saturated rings. The molecule has 24 heavy (non-hydrogen) atoms. The van der Waals surface area contributed by atoms with Gasteiger partial charge >= 0.3 is 6.18 Å². The van der Waals surface area contributed by atoms with Crippen LogP contribution in [0.2, 0.25) is 0 Å². The molecule has 0 unspecified atom stereocenters. The van der Waals surface area contributed by atoms with Crippen LogP contribution in [0.4, 0.5) is 13.2 Å². The highest BCUT2D eigenvalue weighted by Gasteiger charge is 2.30. The molecule has 0 radical (unpaired) electrons. The van der Waals surface area contributed by atoms with Crippen molar-refractivity contribution in [2.24, 2.45) is 4.99 Å². The molecule has 0 spiro atoms. The summed E-state index contributed by atoms with van der Waals surface area (Å²) in [6.45, 7) is 0. The standard InChI is InChI=1S/C16H14F3NO3S/c17-16(18,19)12-3-1-2-11(8-12)15-5-4-14(23-15)9-20-13-6-7-24(21,22)10-13/h1-5,8-9,13H,6-7,10H2/t13-/m1/s1. The molecule has 1 aliphatic heterocycles. The summed E-state index contributed by atoms with van der Waals surface area (Å²) in [6.07, 6.45) is -2.52. The number of hydrogen-bond donors (Lipinski definition) is 0.